The van der Waals surface area contributed by atoms with Crippen molar-refractivity contribution >= 4 is 23.5 Å². The zero-order chi connectivity index (χ0) is 26.6. The number of carbonyl (C=O) groups excluding carboxylic acids is 1. The summed E-state index contributed by atoms with van der Waals surface area (Å²) in [4.78, 5) is 24.5. The largest absolute Gasteiger partial charge is 0.492 e. The van der Waals surface area contributed by atoms with Crippen molar-refractivity contribution in [1.82, 2.24) is 20.6 Å². The molecule has 2 aromatic rings. The Bertz CT molecular complexity index is 1050. The van der Waals surface area contributed by atoms with Crippen LogP contribution in [0.25, 0.3) is 0 Å². The molecule has 37 heavy (non-hydrogen) atoms. The van der Waals surface area contributed by atoms with Crippen molar-refractivity contribution in [3.63, 3.8) is 0 Å². The molecule has 12 nitrogen and oxygen atoms in total. The number of ether oxygens (including phenoxy) is 3. The van der Waals surface area contributed by atoms with Gasteiger partial charge in [0.05, 0.1) is 18.4 Å². The molecule has 1 amide bonds. The van der Waals surface area contributed by atoms with E-state index in [1.54, 1.807) is 6.92 Å². The summed E-state index contributed by atoms with van der Waals surface area (Å²) in [5, 5.41) is 5.84. The molecule has 8 N–H and O–H groups in total. The molecule has 1 saturated heterocycles. The normalized spacial score (nSPS) is 17.9. The minimum absolute atomic E-state index is 0.00603. The van der Waals surface area contributed by atoms with E-state index in [-0.39, 0.29) is 35.7 Å². The van der Waals surface area contributed by atoms with Crippen molar-refractivity contribution < 1.29 is 19.0 Å². The molecule has 2 heterocycles. The Morgan fingerprint density at radius 3 is 2.73 bits per heavy atom. The van der Waals surface area contributed by atoms with Gasteiger partial charge in [-0.15, -0.1) is 0 Å². The quantitative estimate of drug-likeness (QED) is 0.156. The number of nitrogens with zero attached hydrogens (tertiary/aromatic N) is 3. The first-order valence-electron chi connectivity index (χ1n) is 12.5. The van der Waals surface area contributed by atoms with Gasteiger partial charge in [-0.25, -0.2) is 9.97 Å². The monoisotopic (exact) mass is 514 g/mol. The van der Waals surface area contributed by atoms with Crippen LogP contribution in [0, 0.1) is 6.92 Å². The van der Waals surface area contributed by atoms with Crippen LogP contribution in [0.5, 0.6) is 5.75 Å². The minimum Gasteiger partial charge on any atom is -0.492 e. The van der Waals surface area contributed by atoms with Gasteiger partial charge in [0.2, 0.25) is 0 Å². The van der Waals surface area contributed by atoms with E-state index in [1.165, 1.54) is 5.56 Å². The van der Waals surface area contributed by atoms with Crippen molar-refractivity contribution in [3.8, 4) is 5.75 Å². The second kappa shape index (κ2) is 14.3. The standard InChI is InChI=1S/C25H38N8O4/c1-16-22(26)32-23(27)21(31-16)24(34)33-25(28)30-11-4-3-5-18-6-8-19(9-7-18)36-14-12-29-15-20-10-13-35-17(2)37-20/h6-9,17,20,29H,3-5,10-15H2,1-2H3,(H4,26,27,32)(H3,28,30,33,34)/t17-,20-/m1/s1. The third-order valence-corrected chi connectivity index (χ3v) is 5.77. The van der Waals surface area contributed by atoms with E-state index in [0.717, 1.165) is 51.1 Å². The van der Waals surface area contributed by atoms with Gasteiger partial charge in [0.15, 0.2) is 23.8 Å². The molecule has 1 aliphatic heterocycles. The Morgan fingerprint density at radius 1 is 1.19 bits per heavy atom. The van der Waals surface area contributed by atoms with Crippen molar-refractivity contribution in [2.45, 2.75) is 51.9 Å². The summed E-state index contributed by atoms with van der Waals surface area (Å²) in [5.41, 5.74) is 18.8. The molecule has 0 aliphatic carbocycles. The number of carbonyl (C=O) groups is 1. The van der Waals surface area contributed by atoms with Gasteiger partial charge in [-0.1, -0.05) is 12.1 Å². The van der Waals surface area contributed by atoms with Crippen LogP contribution in [-0.2, 0) is 15.9 Å². The summed E-state index contributed by atoms with van der Waals surface area (Å²) in [6, 6.07) is 8.10. The molecule has 0 bridgehead atoms. The predicted octanol–water partition coefficient (Wildman–Crippen LogP) is 1.14. The number of nitrogens with two attached hydrogens (primary N) is 3. The summed E-state index contributed by atoms with van der Waals surface area (Å²) < 4.78 is 16.9. The van der Waals surface area contributed by atoms with Crippen LogP contribution in [0.15, 0.2) is 29.3 Å². The number of nitrogens with one attached hydrogen (secondary N) is 2. The number of amides is 1. The van der Waals surface area contributed by atoms with Crippen LogP contribution < -0.4 is 32.6 Å². The van der Waals surface area contributed by atoms with Crippen molar-refractivity contribution in [2.75, 3.05) is 44.3 Å². The van der Waals surface area contributed by atoms with E-state index in [2.05, 4.69) is 37.7 Å². The van der Waals surface area contributed by atoms with Gasteiger partial charge in [-0.3, -0.25) is 15.1 Å². The number of guanidine groups is 1. The second-order valence-corrected chi connectivity index (χ2v) is 8.79. The Hall–Kier alpha value is -3.48. The SMILES string of the molecule is Cc1nc(C(=O)NC(N)=NCCCCc2ccc(OCCNC[C@H]3CCO[C@@H](C)O3)cc2)c(N)nc1N. The van der Waals surface area contributed by atoms with Crippen LogP contribution in [0.2, 0.25) is 0 Å². The minimum atomic E-state index is -0.574. The molecule has 0 unspecified atom stereocenters. The first-order chi connectivity index (χ1) is 17.8. The molecule has 2 atom stereocenters. The van der Waals surface area contributed by atoms with Crippen LogP contribution in [0.3, 0.4) is 0 Å². The van der Waals surface area contributed by atoms with Gasteiger partial charge in [-0.2, -0.15) is 0 Å². The van der Waals surface area contributed by atoms with Crippen LogP contribution in [0.4, 0.5) is 11.6 Å². The number of anilines is 2. The molecule has 1 aromatic carbocycles. The lowest BCUT2D eigenvalue weighted by molar-refractivity contribution is -0.200. The Kier molecular flexibility index (Phi) is 10.9. The fourth-order valence-electron chi connectivity index (χ4n) is 3.72. The molecule has 0 saturated carbocycles. The summed E-state index contributed by atoms with van der Waals surface area (Å²) >= 11 is 0. The lowest BCUT2D eigenvalue weighted by Gasteiger charge is -2.28. The molecule has 202 valence electrons. The smallest absolute Gasteiger partial charge is 0.280 e. The van der Waals surface area contributed by atoms with Gasteiger partial charge < -0.3 is 36.7 Å². The first kappa shape index (κ1) is 28.1. The molecular formula is C25H38N8O4. The number of rotatable bonds is 12. The topological polar surface area (TPSA) is 185 Å². The van der Waals surface area contributed by atoms with E-state index in [9.17, 15) is 4.79 Å². The highest BCUT2D eigenvalue weighted by Gasteiger charge is 2.19. The highest BCUT2D eigenvalue weighted by atomic mass is 16.7. The predicted molar refractivity (Wildman–Crippen MR) is 142 cm³/mol. The Labute approximate surface area is 217 Å². The number of hydrogen-bond acceptors (Lipinski definition) is 10. The summed E-state index contributed by atoms with van der Waals surface area (Å²) in [5.74, 6) is 0.396. The third kappa shape index (κ3) is 9.48. The fourth-order valence-corrected chi connectivity index (χ4v) is 3.72. The van der Waals surface area contributed by atoms with E-state index in [4.69, 9.17) is 31.4 Å². The van der Waals surface area contributed by atoms with E-state index >= 15 is 0 Å². The number of unbranched alkanes of at least 4 members (excludes halogenated alkanes) is 1. The molecule has 1 aliphatic rings. The average Bonchev–Trinajstić information content (AvgIpc) is 2.86. The van der Waals surface area contributed by atoms with Crippen LogP contribution >= 0.6 is 0 Å². The maximum absolute atomic E-state index is 12.3. The van der Waals surface area contributed by atoms with E-state index in [0.29, 0.717) is 18.8 Å². The molecule has 1 aromatic heterocycles. The third-order valence-electron chi connectivity index (χ3n) is 5.77. The van der Waals surface area contributed by atoms with Gasteiger partial charge in [0.1, 0.15) is 18.2 Å². The highest BCUT2D eigenvalue weighted by molar-refractivity contribution is 6.06. The zero-order valence-electron chi connectivity index (χ0n) is 21.5. The molecule has 3 rings (SSSR count). The summed E-state index contributed by atoms with van der Waals surface area (Å²) in [6.45, 7) is 6.92. The number of aromatic nitrogens is 2. The maximum atomic E-state index is 12.3. The Morgan fingerprint density at radius 2 is 1.97 bits per heavy atom. The van der Waals surface area contributed by atoms with Gasteiger partial charge in [0.25, 0.3) is 5.91 Å². The highest BCUT2D eigenvalue weighted by Crippen LogP contribution is 2.15. The van der Waals surface area contributed by atoms with E-state index in [1.807, 2.05) is 19.1 Å². The molecule has 1 fully saturated rings. The molecule has 0 radical (unpaired) electrons. The fraction of sp³-hybridized carbons (Fsp3) is 0.520. The van der Waals surface area contributed by atoms with Crippen molar-refractivity contribution in [2.24, 2.45) is 10.7 Å². The number of aliphatic imine (C=N–C) groups is 1. The van der Waals surface area contributed by atoms with Crippen LogP contribution in [0.1, 0.15) is 47.9 Å². The molecule has 0 spiro atoms. The van der Waals surface area contributed by atoms with Gasteiger partial charge in [0, 0.05) is 19.6 Å². The molecular weight excluding hydrogens is 476 g/mol. The van der Waals surface area contributed by atoms with E-state index < -0.39 is 5.91 Å². The lowest BCUT2D eigenvalue weighted by Crippen LogP contribution is -2.38. The number of aryl methyl sites for hydroxylation is 2. The number of benzene rings is 1. The number of nitrogen functional groups attached to an aromatic ring is 2. The Balaban J connectivity index is 1.28. The first-order valence-corrected chi connectivity index (χ1v) is 12.5. The van der Waals surface area contributed by atoms with Gasteiger partial charge >= 0.3 is 0 Å². The second-order valence-electron chi connectivity index (χ2n) is 8.79. The zero-order valence-corrected chi connectivity index (χ0v) is 21.5. The maximum Gasteiger partial charge on any atom is 0.280 e. The summed E-state index contributed by atoms with van der Waals surface area (Å²) in [6.07, 6.45) is 3.62. The van der Waals surface area contributed by atoms with Crippen molar-refractivity contribution in [3.05, 3.63) is 41.2 Å². The lowest BCUT2D eigenvalue weighted by atomic mass is 10.1. The van der Waals surface area contributed by atoms with Crippen molar-refractivity contribution in [1.29, 1.82) is 0 Å². The number of hydrogen-bond donors (Lipinski definition) is 5. The summed E-state index contributed by atoms with van der Waals surface area (Å²) in [7, 11) is 0. The average molecular weight is 515 g/mol. The molecule has 12 heteroatoms. The van der Waals surface area contributed by atoms with Gasteiger partial charge in [-0.05, 0) is 57.2 Å². The van der Waals surface area contributed by atoms with Crippen LogP contribution in [-0.4, -0.2) is 67.1 Å².